The van der Waals surface area contributed by atoms with Crippen molar-refractivity contribution in [2.24, 2.45) is 0 Å². The van der Waals surface area contributed by atoms with Gasteiger partial charge in [-0.3, -0.25) is 14.6 Å². The zero-order valence-electron chi connectivity index (χ0n) is 19.7. The summed E-state index contributed by atoms with van der Waals surface area (Å²) in [5.74, 6) is 0.309. The number of amides is 1. The second-order valence-corrected chi connectivity index (χ2v) is 8.32. The highest BCUT2D eigenvalue weighted by Crippen LogP contribution is 2.21. The number of nitrogens with one attached hydrogen (secondary N) is 1. The van der Waals surface area contributed by atoms with E-state index in [1.807, 2.05) is 67.6 Å². The third-order valence-corrected chi connectivity index (χ3v) is 5.84. The van der Waals surface area contributed by atoms with Crippen molar-refractivity contribution in [3.8, 4) is 11.4 Å². The van der Waals surface area contributed by atoms with Crippen LogP contribution in [-0.4, -0.2) is 20.7 Å². The van der Waals surface area contributed by atoms with Gasteiger partial charge in [0.25, 0.3) is 11.5 Å². The molecule has 3 aromatic carbocycles. The SMILES string of the molecule is CC(NC(=O)c1nn(-c2ccccc2)c(=O)c2ccccc12)c1cccc(OCc2ccccn2)c1. The number of aromatic nitrogens is 3. The van der Waals surface area contributed by atoms with Crippen molar-refractivity contribution in [2.45, 2.75) is 19.6 Å². The van der Waals surface area contributed by atoms with E-state index in [9.17, 15) is 9.59 Å². The van der Waals surface area contributed by atoms with Gasteiger partial charge in [0, 0.05) is 11.6 Å². The summed E-state index contributed by atoms with van der Waals surface area (Å²) in [5, 5.41) is 8.41. The molecule has 0 aliphatic heterocycles. The van der Waals surface area contributed by atoms with Gasteiger partial charge in [-0.1, -0.05) is 54.6 Å². The van der Waals surface area contributed by atoms with Crippen LogP contribution in [0.25, 0.3) is 16.5 Å². The summed E-state index contributed by atoms with van der Waals surface area (Å²) in [6, 6.07) is 29.0. The lowest BCUT2D eigenvalue weighted by molar-refractivity contribution is 0.0935. The van der Waals surface area contributed by atoms with E-state index in [2.05, 4.69) is 15.4 Å². The predicted octanol–water partition coefficient (Wildman–Crippen LogP) is 4.85. The van der Waals surface area contributed by atoms with Gasteiger partial charge in [0.1, 0.15) is 12.4 Å². The Morgan fingerprint density at radius 1 is 0.917 bits per heavy atom. The van der Waals surface area contributed by atoms with E-state index in [-0.39, 0.29) is 23.2 Å². The largest absolute Gasteiger partial charge is 0.487 e. The van der Waals surface area contributed by atoms with Crippen LogP contribution in [0, 0.1) is 0 Å². The molecule has 1 N–H and O–H groups in total. The van der Waals surface area contributed by atoms with Gasteiger partial charge in [-0.05, 0) is 55.0 Å². The minimum absolute atomic E-state index is 0.184. The molecule has 0 saturated carbocycles. The van der Waals surface area contributed by atoms with Gasteiger partial charge in [0.05, 0.1) is 22.8 Å². The summed E-state index contributed by atoms with van der Waals surface area (Å²) in [4.78, 5) is 30.8. The summed E-state index contributed by atoms with van der Waals surface area (Å²) in [6.45, 7) is 2.24. The Morgan fingerprint density at radius 3 is 2.44 bits per heavy atom. The lowest BCUT2D eigenvalue weighted by Crippen LogP contribution is -2.31. The summed E-state index contributed by atoms with van der Waals surface area (Å²) >= 11 is 0. The predicted molar refractivity (Wildman–Crippen MR) is 138 cm³/mol. The first-order chi connectivity index (χ1) is 17.6. The lowest BCUT2D eigenvalue weighted by atomic mass is 10.1. The van der Waals surface area contributed by atoms with Gasteiger partial charge in [0.2, 0.25) is 0 Å². The van der Waals surface area contributed by atoms with Crippen LogP contribution in [0.5, 0.6) is 5.75 Å². The molecule has 7 nitrogen and oxygen atoms in total. The molecule has 0 fully saturated rings. The molecule has 0 aliphatic carbocycles. The van der Waals surface area contributed by atoms with Crippen LogP contribution >= 0.6 is 0 Å². The number of benzene rings is 3. The van der Waals surface area contributed by atoms with Crippen LogP contribution in [0.15, 0.2) is 108 Å². The Hall–Kier alpha value is -4.78. The number of pyridine rings is 1. The molecular weight excluding hydrogens is 452 g/mol. The van der Waals surface area contributed by atoms with Gasteiger partial charge in [-0.25, -0.2) is 0 Å². The molecular formula is C29H24N4O3. The van der Waals surface area contributed by atoms with E-state index < -0.39 is 0 Å². The van der Waals surface area contributed by atoms with E-state index in [1.54, 1.807) is 42.6 Å². The molecule has 1 atom stereocenters. The van der Waals surface area contributed by atoms with Gasteiger partial charge in [0.15, 0.2) is 5.69 Å². The fraction of sp³-hybridized carbons (Fsp3) is 0.103. The van der Waals surface area contributed by atoms with Crippen molar-refractivity contribution in [1.29, 1.82) is 0 Å². The first-order valence-electron chi connectivity index (χ1n) is 11.6. The Morgan fingerprint density at radius 2 is 1.67 bits per heavy atom. The average molecular weight is 477 g/mol. The zero-order chi connectivity index (χ0) is 24.9. The second-order valence-electron chi connectivity index (χ2n) is 8.32. The molecule has 0 radical (unpaired) electrons. The van der Waals surface area contributed by atoms with Crippen molar-refractivity contribution in [3.05, 3.63) is 131 Å². The topological polar surface area (TPSA) is 86.1 Å². The van der Waals surface area contributed by atoms with E-state index in [0.717, 1.165) is 11.3 Å². The molecule has 7 heteroatoms. The first-order valence-corrected chi connectivity index (χ1v) is 11.6. The maximum atomic E-state index is 13.4. The number of hydrogen-bond acceptors (Lipinski definition) is 5. The van der Waals surface area contributed by atoms with Gasteiger partial charge >= 0.3 is 0 Å². The molecule has 5 rings (SSSR count). The Labute approximate surface area is 208 Å². The number of carbonyl (C=O) groups is 1. The number of fused-ring (bicyclic) bond motifs is 1. The smallest absolute Gasteiger partial charge is 0.279 e. The second kappa shape index (κ2) is 10.2. The van der Waals surface area contributed by atoms with Gasteiger partial charge in [-0.15, -0.1) is 0 Å². The molecule has 178 valence electrons. The molecule has 0 bridgehead atoms. The molecule has 1 unspecified atom stereocenters. The van der Waals surface area contributed by atoms with Crippen LogP contribution in [0.4, 0.5) is 0 Å². The highest BCUT2D eigenvalue weighted by molar-refractivity contribution is 6.05. The normalized spacial score (nSPS) is 11.7. The lowest BCUT2D eigenvalue weighted by Gasteiger charge is -2.17. The van der Waals surface area contributed by atoms with Crippen LogP contribution in [0.2, 0.25) is 0 Å². The number of nitrogens with zero attached hydrogens (tertiary/aromatic N) is 3. The summed E-state index contributed by atoms with van der Waals surface area (Å²) in [7, 11) is 0. The molecule has 0 aliphatic rings. The van der Waals surface area contributed by atoms with Crippen molar-refractivity contribution in [1.82, 2.24) is 20.1 Å². The van der Waals surface area contributed by atoms with E-state index in [0.29, 0.717) is 28.8 Å². The van der Waals surface area contributed by atoms with E-state index in [4.69, 9.17) is 4.74 Å². The third kappa shape index (κ3) is 4.86. The highest BCUT2D eigenvalue weighted by atomic mass is 16.5. The van der Waals surface area contributed by atoms with Crippen molar-refractivity contribution in [2.75, 3.05) is 0 Å². The average Bonchev–Trinajstić information content (AvgIpc) is 2.93. The summed E-state index contributed by atoms with van der Waals surface area (Å²) in [6.07, 6.45) is 1.73. The molecule has 36 heavy (non-hydrogen) atoms. The van der Waals surface area contributed by atoms with Crippen LogP contribution in [-0.2, 0) is 6.61 Å². The molecule has 5 aromatic rings. The Balaban J connectivity index is 1.41. The van der Waals surface area contributed by atoms with Crippen molar-refractivity contribution in [3.63, 3.8) is 0 Å². The fourth-order valence-corrected chi connectivity index (χ4v) is 3.96. The molecule has 1 amide bonds. The number of ether oxygens (including phenoxy) is 1. The van der Waals surface area contributed by atoms with Gasteiger partial charge < -0.3 is 10.1 Å². The number of hydrogen-bond donors (Lipinski definition) is 1. The Kier molecular flexibility index (Phi) is 6.53. The van der Waals surface area contributed by atoms with Crippen LogP contribution in [0.3, 0.4) is 0 Å². The van der Waals surface area contributed by atoms with E-state index in [1.165, 1.54) is 4.68 Å². The first kappa shape index (κ1) is 23.0. The Bertz CT molecular complexity index is 1570. The third-order valence-electron chi connectivity index (χ3n) is 5.84. The van der Waals surface area contributed by atoms with Gasteiger partial charge in [-0.2, -0.15) is 9.78 Å². The van der Waals surface area contributed by atoms with Crippen LogP contribution < -0.4 is 15.6 Å². The van der Waals surface area contributed by atoms with Crippen molar-refractivity contribution < 1.29 is 9.53 Å². The molecule has 0 saturated heterocycles. The summed E-state index contributed by atoms with van der Waals surface area (Å²) < 4.78 is 7.15. The monoisotopic (exact) mass is 476 g/mol. The maximum Gasteiger partial charge on any atom is 0.279 e. The zero-order valence-corrected chi connectivity index (χ0v) is 19.7. The maximum absolute atomic E-state index is 13.4. The fourth-order valence-electron chi connectivity index (χ4n) is 3.96. The standard InChI is InChI=1S/C29H24N4O3/c1-20(21-10-9-14-24(18-21)36-19-22-11-7-8-17-30-22)31-28(34)27-25-15-5-6-16-26(25)29(35)33(32-27)23-12-3-2-4-13-23/h2-18,20H,19H2,1H3,(H,31,34). The van der Waals surface area contributed by atoms with Crippen molar-refractivity contribution >= 4 is 16.7 Å². The minimum Gasteiger partial charge on any atom is -0.487 e. The molecule has 2 heterocycles. The number of carbonyl (C=O) groups excluding carboxylic acids is 1. The number of rotatable bonds is 7. The molecule has 0 spiro atoms. The quantitative estimate of drug-likeness (QED) is 0.363. The molecule has 2 aromatic heterocycles. The minimum atomic E-state index is -0.372. The summed E-state index contributed by atoms with van der Waals surface area (Å²) in [5.41, 5.74) is 2.20. The highest BCUT2D eigenvalue weighted by Gasteiger charge is 2.19. The van der Waals surface area contributed by atoms with Crippen LogP contribution in [0.1, 0.15) is 34.7 Å². The van der Waals surface area contributed by atoms with E-state index >= 15 is 0 Å². The number of para-hydroxylation sites is 1.